The van der Waals surface area contributed by atoms with Gasteiger partial charge >= 0.3 is 6.09 Å². The van der Waals surface area contributed by atoms with E-state index in [2.05, 4.69) is 6.07 Å². The number of nitrogens with zero attached hydrogens (tertiary/aromatic N) is 5. The van der Waals surface area contributed by atoms with Crippen molar-refractivity contribution in [3.05, 3.63) is 54.0 Å². The van der Waals surface area contributed by atoms with Gasteiger partial charge in [0.25, 0.3) is 0 Å². The third-order valence-corrected chi connectivity index (χ3v) is 11.1. The molecule has 274 valence electrons. The van der Waals surface area contributed by atoms with Gasteiger partial charge in [-0.15, -0.1) is 0 Å². The Hall–Kier alpha value is -4.03. The highest BCUT2D eigenvalue weighted by Gasteiger charge is 2.37. The fraction of sp³-hybridized carbons (Fsp3) is 0.615. The van der Waals surface area contributed by atoms with E-state index in [4.69, 9.17) is 38.3 Å². The molecular formula is C39H51N5O7. The fourth-order valence-electron chi connectivity index (χ4n) is 7.73. The number of pyridine rings is 2. The highest BCUT2D eigenvalue weighted by Crippen LogP contribution is 2.41. The van der Waals surface area contributed by atoms with Crippen LogP contribution in [0.1, 0.15) is 93.3 Å². The van der Waals surface area contributed by atoms with Crippen molar-refractivity contribution in [2.24, 2.45) is 11.8 Å². The molecule has 1 aliphatic heterocycles. The average molecular weight is 702 g/mol. The number of carbonyl (C=O) groups excluding carboxylic acids is 2. The molecule has 3 aliphatic carbocycles. The number of anilines is 1. The zero-order valence-corrected chi connectivity index (χ0v) is 30.1. The minimum atomic E-state index is -0.299. The first-order valence-electron chi connectivity index (χ1n) is 18.7. The van der Waals surface area contributed by atoms with Crippen LogP contribution in [0, 0.1) is 18.8 Å². The van der Waals surface area contributed by atoms with E-state index in [9.17, 15) is 9.59 Å². The Morgan fingerprint density at radius 3 is 2.37 bits per heavy atom. The Bertz CT molecular complexity index is 1640. The molecule has 0 atom stereocenters. The van der Waals surface area contributed by atoms with Crippen molar-refractivity contribution in [1.29, 1.82) is 0 Å². The standard InChI is InChI=1S/C39H51N5O7/c1-25-35(48-3)15-14-33(41-25)27-6-4-26(5-7-27)21-44(36-20-30(16-17-40-36)34-24-50-37(42-34)28-8-9-28)38(45)29-10-12-31(13-11-29)51-39(46)43-22-32(23-43)49-19-18-47-2/h14-17,20,24,26-29,31-32H,4-13,18-19,21-23H2,1-3H3. The van der Waals surface area contributed by atoms with E-state index in [0.717, 1.165) is 72.8 Å². The average Bonchev–Trinajstić information content (AvgIpc) is 3.87. The smallest absolute Gasteiger partial charge is 0.410 e. The molecule has 0 N–H and O–H groups in total. The molecule has 3 saturated carbocycles. The third kappa shape index (κ3) is 8.55. The molecule has 4 fully saturated rings. The Labute approximate surface area is 300 Å². The van der Waals surface area contributed by atoms with E-state index in [1.807, 2.05) is 30.0 Å². The summed E-state index contributed by atoms with van der Waals surface area (Å²) in [6, 6.07) is 8.02. The van der Waals surface area contributed by atoms with Gasteiger partial charge in [0.05, 0.1) is 45.2 Å². The van der Waals surface area contributed by atoms with Crippen molar-refractivity contribution in [2.75, 3.05) is 52.0 Å². The molecule has 12 nitrogen and oxygen atoms in total. The van der Waals surface area contributed by atoms with Gasteiger partial charge < -0.3 is 28.3 Å². The second-order valence-electron chi connectivity index (χ2n) is 14.7. The number of methoxy groups -OCH3 is 2. The molecule has 7 rings (SSSR count). The zero-order chi connectivity index (χ0) is 35.3. The molecular weight excluding hydrogens is 650 g/mol. The number of aryl methyl sites for hydroxylation is 1. The minimum absolute atomic E-state index is 0.0297. The summed E-state index contributed by atoms with van der Waals surface area (Å²) in [7, 11) is 3.32. The Balaban J connectivity index is 0.992. The fourth-order valence-corrected chi connectivity index (χ4v) is 7.73. The Morgan fingerprint density at radius 2 is 1.67 bits per heavy atom. The van der Waals surface area contributed by atoms with Crippen LogP contribution in [0.2, 0.25) is 0 Å². The van der Waals surface area contributed by atoms with Crippen LogP contribution in [0.25, 0.3) is 11.3 Å². The first-order chi connectivity index (χ1) is 24.9. The second kappa shape index (κ2) is 16.1. The topological polar surface area (TPSA) is 129 Å². The van der Waals surface area contributed by atoms with Gasteiger partial charge in [-0.05, 0) is 101 Å². The zero-order valence-electron chi connectivity index (χ0n) is 30.1. The molecule has 1 saturated heterocycles. The van der Waals surface area contributed by atoms with E-state index in [1.165, 1.54) is 0 Å². The number of hydrogen-bond acceptors (Lipinski definition) is 10. The van der Waals surface area contributed by atoms with Gasteiger partial charge in [-0.3, -0.25) is 14.7 Å². The monoisotopic (exact) mass is 701 g/mol. The Kier molecular flexibility index (Phi) is 11.2. The number of likely N-dealkylation sites (tertiary alicyclic amines) is 1. The van der Waals surface area contributed by atoms with Crippen LogP contribution in [0.5, 0.6) is 5.75 Å². The van der Waals surface area contributed by atoms with Crippen molar-refractivity contribution in [1.82, 2.24) is 19.9 Å². The molecule has 3 aromatic rings. The van der Waals surface area contributed by atoms with Crippen LogP contribution in [0.15, 0.2) is 41.1 Å². The maximum atomic E-state index is 14.4. The van der Waals surface area contributed by atoms with Gasteiger partial charge in [0.2, 0.25) is 5.91 Å². The first kappa shape index (κ1) is 35.4. The SMILES string of the molecule is COCCOC1CN(C(=O)OC2CCC(C(=O)N(CC3CCC(c4ccc(OC)c(C)n4)CC3)c3cc(-c4coc(C5CC5)n4)ccn3)CC2)C1. The summed E-state index contributed by atoms with van der Waals surface area (Å²) in [4.78, 5) is 45.1. The van der Waals surface area contributed by atoms with E-state index in [1.54, 1.807) is 31.6 Å². The summed E-state index contributed by atoms with van der Waals surface area (Å²) in [5.41, 5.74) is 3.70. The summed E-state index contributed by atoms with van der Waals surface area (Å²) >= 11 is 0. The lowest BCUT2D eigenvalue weighted by Gasteiger charge is -2.39. The second-order valence-corrected chi connectivity index (χ2v) is 14.7. The van der Waals surface area contributed by atoms with Gasteiger partial charge in [-0.1, -0.05) is 0 Å². The normalized spacial score (nSPS) is 23.8. The number of rotatable bonds is 13. The van der Waals surface area contributed by atoms with Gasteiger partial charge in [0, 0.05) is 48.9 Å². The molecule has 0 unspecified atom stereocenters. The number of aromatic nitrogens is 3. The number of carbonyl (C=O) groups is 2. The lowest BCUT2D eigenvalue weighted by atomic mass is 9.79. The van der Waals surface area contributed by atoms with Crippen molar-refractivity contribution < 1.29 is 33.0 Å². The number of amides is 2. The van der Waals surface area contributed by atoms with Crippen molar-refractivity contribution >= 4 is 17.8 Å². The van der Waals surface area contributed by atoms with Crippen LogP contribution >= 0.6 is 0 Å². The lowest BCUT2D eigenvalue weighted by Crippen LogP contribution is -2.55. The van der Waals surface area contributed by atoms with Crippen molar-refractivity contribution in [3.8, 4) is 17.0 Å². The molecule has 4 aliphatic rings. The molecule has 0 bridgehead atoms. The van der Waals surface area contributed by atoms with Gasteiger partial charge in [-0.2, -0.15) is 0 Å². The van der Waals surface area contributed by atoms with Crippen LogP contribution < -0.4 is 9.64 Å². The molecule has 51 heavy (non-hydrogen) atoms. The van der Waals surface area contributed by atoms with Crippen LogP contribution in [-0.4, -0.2) is 91.1 Å². The van der Waals surface area contributed by atoms with E-state index in [0.29, 0.717) is 82.1 Å². The van der Waals surface area contributed by atoms with Gasteiger partial charge in [-0.25, -0.2) is 14.8 Å². The largest absolute Gasteiger partial charge is 0.495 e. The van der Waals surface area contributed by atoms with Crippen LogP contribution in [-0.2, 0) is 19.0 Å². The predicted octanol–water partition coefficient (Wildman–Crippen LogP) is 6.68. The van der Waals surface area contributed by atoms with Crippen molar-refractivity contribution in [2.45, 2.75) is 95.2 Å². The van der Waals surface area contributed by atoms with Gasteiger partial charge in [0.15, 0.2) is 5.89 Å². The number of hydrogen-bond donors (Lipinski definition) is 0. The van der Waals surface area contributed by atoms with Crippen molar-refractivity contribution in [3.63, 3.8) is 0 Å². The molecule has 0 spiro atoms. The van der Waals surface area contributed by atoms with Crippen LogP contribution in [0.3, 0.4) is 0 Å². The summed E-state index contributed by atoms with van der Waals surface area (Å²) in [6.45, 7) is 4.72. The van der Waals surface area contributed by atoms with E-state index < -0.39 is 0 Å². The maximum absolute atomic E-state index is 14.4. The number of oxazole rings is 1. The number of ether oxygens (including phenoxy) is 4. The van der Waals surface area contributed by atoms with E-state index >= 15 is 0 Å². The van der Waals surface area contributed by atoms with Gasteiger partial charge in [0.1, 0.15) is 29.6 Å². The van der Waals surface area contributed by atoms with Crippen LogP contribution in [0.4, 0.5) is 10.6 Å². The quantitative estimate of drug-likeness (QED) is 0.178. The van der Waals surface area contributed by atoms with E-state index in [-0.39, 0.29) is 30.1 Å². The molecule has 2 amide bonds. The molecule has 3 aromatic heterocycles. The third-order valence-electron chi connectivity index (χ3n) is 11.1. The maximum Gasteiger partial charge on any atom is 0.410 e. The lowest BCUT2D eigenvalue weighted by molar-refractivity contribution is -0.124. The summed E-state index contributed by atoms with van der Waals surface area (Å²) in [5.74, 6) is 3.34. The summed E-state index contributed by atoms with van der Waals surface area (Å²) < 4.78 is 27.8. The first-order valence-corrected chi connectivity index (χ1v) is 18.7. The Morgan fingerprint density at radius 1 is 0.902 bits per heavy atom. The summed E-state index contributed by atoms with van der Waals surface area (Å²) in [6.07, 6.45) is 12.0. The summed E-state index contributed by atoms with van der Waals surface area (Å²) in [5, 5.41) is 0. The molecule has 4 heterocycles. The highest BCUT2D eigenvalue weighted by atomic mass is 16.6. The predicted molar refractivity (Wildman–Crippen MR) is 190 cm³/mol. The molecule has 12 heteroatoms. The highest BCUT2D eigenvalue weighted by molar-refractivity contribution is 5.94. The molecule has 0 radical (unpaired) electrons. The minimum Gasteiger partial charge on any atom is -0.495 e. The molecule has 0 aromatic carbocycles.